The molecule has 108 valence electrons. The highest BCUT2D eigenvalue weighted by molar-refractivity contribution is 5.95. The maximum Gasteiger partial charge on any atom is 0.417 e. The normalized spacial score (nSPS) is 23.0. The Bertz CT molecular complexity index is 504. The van der Waals surface area contributed by atoms with Crippen LogP contribution in [0.4, 0.5) is 4.79 Å². The van der Waals surface area contributed by atoms with Crippen molar-refractivity contribution in [1.82, 2.24) is 4.90 Å². The molecule has 1 aromatic rings. The summed E-state index contributed by atoms with van der Waals surface area (Å²) in [5.41, 5.74) is 0.362. The van der Waals surface area contributed by atoms with Gasteiger partial charge in [-0.2, -0.15) is 0 Å². The molecule has 0 spiro atoms. The van der Waals surface area contributed by atoms with Crippen LogP contribution in [0.3, 0.4) is 0 Å². The highest BCUT2D eigenvalue weighted by atomic mass is 16.6. The van der Waals surface area contributed by atoms with E-state index < -0.39 is 11.7 Å². The van der Waals surface area contributed by atoms with Crippen molar-refractivity contribution < 1.29 is 14.3 Å². The van der Waals surface area contributed by atoms with E-state index in [0.29, 0.717) is 6.42 Å². The molecule has 0 aromatic heterocycles. The van der Waals surface area contributed by atoms with E-state index >= 15 is 0 Å². The van der Waals surface area contributed by atoms with Crippen molar-refractivity contribution in [3.8, 4) is 0 Å². The number of nitrogens with zero attached hydrogens (tertiary/aromatic N) is 1. The number of ether oxygens (including phenoxy) is 1. The average Bonchev–Trinajstić information content (AvgIpc) is 2.65. The van der Waals surface area contributed by atoms with E-state index in [1.54, 1.807) is 20.8 Å². The third-order valence-corrected chi connectivity index (χ3v) is 3.32. The van der Waals surface area contributed by atoms with Crippen molar-refractivity contribution in [1.29, 1.82) is 0 Å². The number of benzene rings is 1. The van der Waals surface area contributed by atoms with Gasteiger partial charge in [0.25, 0.3) is 0 Å². The van der Waals surface area contributed by atoms with Crippen molar-refractivity contribution in [3.63, 3.8) is 0 Å². The van der Waals surface area contributed by atoms with Crippen molar-refractivity contribution in [3.05, 3.63) is 35.9 Å². The predicted molar refractivity (Wildman–Crippen MR) is 76.0 cm³/mol. The summed E-state index contributed by atoms with van der Waals surface area (Å²) in [5.74, 6) is -0.319. The molecule has 1 aliphatic rings. The van der Waals surface area contributed by atoms with E-state index in [-0.39, 0.29) is 17.9 Å². The molecule has 0 bridgehead atoms. The topological polar surface area (TPSA) is 46.6 Å². The zero-order valence-electron chi connectivity index (χ0n) is 12.4. The lowest BCUT2D eigenvalue weighted by Crippen LogP contribution is -2.39. The van der Waals surface area contributed by atoms with Gasteiger partial charge in [0.1, 0.15) is 5.60 Å². The first-order valence-corrected chi connectivity index (χ1v) is 6.90. The minimum atomic E-state index is -0.607. The smallest absolute Gasteiger partial charge is 0.417 e. The highest BCUT2D eigenvalue weighted by Crippen LogP contribution is 2.37. The van der Waals surface area contributed by atoms with Crippen LogP contribution in [0.15, 0.2) is 30.3 Å². The van der Waals surface area contributed by atoms with E-state index in [0.717, 1.165) is 5.56 Å². The predicted octanol–water partition coefficient (Wildman–Crippen LogP) is 3.53. The first-order chi connectivity index (χ1) is 9.29. The van der Waals surface area contributed by atoms with Crippen LogP contribution >= 0.6 is 0 Å². The second-order valence-electron chi connectivity index (χ2n) is 6.25. The summed E-state index contributed by atoms with van der Waals surface area (Å²) in [6.07, 6.45) is 0.0861. The maximum atomic E-state index is 12.3. The second kappa shape index (κ2) is 5.27. The molecule has 0 N–H and O–H groups in total. The molecule has 4 nitrogen and oxygen atoms in total. The van der Waals surface area contributed by atoms with Gasteiger partial charge in [-0.05, 0) is 32.8 Å². The summed E-state index contributed by atoms with van der Waals surface area (Å²) in [6.45, 7) is 7.24. The van der Waals surface area contributed by atoms with Crippen LogP contribution in [0.1, 0.15) is 45.7 Å². The first kappa shape index (κ1) is 14.6. The molecule has 1 saturated heterocycles. The Hall–Kier alpha value is -1.84. The van der Waals surface area contributed by atoms with Gasteiger partial charge in [-0.25, -0.2) is 9.69 Å². The Labute approximate surface area is 119 Å². The standard InChI is InChI=1S/C16H21NO3/c1-11-10-13(12-8-6-5-7-9-12)17(14(11)18)15(19)20-16(2,3)4/h5-9,11,13H,10H2,1-4H3/t11-,13+/m1/s1. The molecule has 0 unspecified atom stereocenters. The number of hydrogen-bond donors (Lipinski definition) is 0. The monoisotopic (exact) mass is 275 g/mol. The van der Waals surface area contributed by atoms with E-state index in [1.165, 1.54) is 4.90 Å². The summed E-state index contributed by atoms with van der Waals surface area (Å²) in [4.78, 5) is 25.8. The van der Waals surface area contributed by atoms with E-state index in [2.05, 4.69) is 0 Å². The SMILES string of the molecule is C[C@@H]1C[C@@H](c2ccccc2)N(C(=O)OC(C)(C)C)C1=O. The Morgan fingerprint density at radius 2 is 1.85 bits per heavy atom. The van der Waals surface area contributed by atoms with Crippen LogP contribution in [-0.2, 0) is 9.53 Å². The second-order valence-corrected chi connectivity index (χ2v) is 6.25. The molecule has 2 atom stereocenters. The highest BCUT2D eigenvalue weighted by Gasteiger charge is 2.43. The zero-order chi connectivity index (χ0) is 14.9. The Balaban J connectivity index is 2.27. The van der Waals surface area contributed by atoms with Crippen LogP contribution in [0.5, 0.6) is 0 Å². The fraction of sp³-hybridized carbons (Fsp3) is 0.500. The van der Waals surface area contributed by atoms with Crippen LogP contribution in [-0.4, -0.2) is 22.5 Å². The summed E-state index contributed by atoms with van der Waals surface area (Å²) in [6, 6.07) is 9.39. The minimum Gasteiger partial charge on any atom is -0.443 e. The lowest BCUT2D eigenvalue weighted by Gasteiger charge is -2.27. The molecule has 20 heavy (non-hydrogen) atoms. The van der Waals surface area contributed by atoms with Gasteiger partial charge >= 0.3 is 6.09 Å². The largest absolute Gasteiger partial charge is 0.443 e. The van der Waals surface area contributed by atoms with Gasteiger partial charge in [0.15, 0.2) is 0 Å². The lowest BCUT2D eigenvalue weighted by molar-refractivity contribution is -0.130. The van der Waals surface area contributed by atoms with Gasteiger partial charge in [-0.15, -0.1) is 0 Å². The number of likely N-dealkylation sites (tertiary alicyclic amines) is 1. The number of hydrogen-bond acceptors (Lipinski definition) is 3. The number of imide groups is 1. The zero-order valence-corrected chi connectivity index (χ0v) is 12.4. The molecule has 4 heteroatoms. The number of carbonyl (C=O) groups excluding carboxylic acids is 2. The van der Waals surface area contributed by atoms with Gasteiger partial charge in [0.05, 0.1) is 6.04 Å². The van der Waals surface area contributed by atoms with Crippen molar-refractivity contribution in [2.45, 2.75) is 45.8 Å². The Morgan fingerprint density at radius 1 is 1.25 bits per heavy atom. The number of amides is 2. The minimum absolute atomic E-state index is 0.159. The summed E-state index contributed by atoms with van der Waals surface area (Å²) in [7, 11) is 0. The fourth-order valence-corrected chi connectivity index (χ4v) is 2.42. The van der Waals surface area contributed by atoms with Crippen molar-refractivity contribution >= 4 is 12.0 Å². The summed E-state index contributed by atoms with van der Waals surface area (Å²) < 4.78 is 5.36. The number of rotatable bonds is 1. The molecular weight excluding hydrogens is 254 g/mol. The van der Waals surface area contributed by atoms with Crippen molar-refractivity contribution in [2.24, 2.45) is 5.92 Å². The lowest BCUT2D eigenvalue weighted by atomic mass is 10.0. The summed E-state index contributed by atoms with van der Waals surface area (Å²) >= 11 is 0. The average molecular weight is 275 g/mol. The Morgan fingerprint density at radius 3 is 2.40 bits per heavy atom. The molecule has 1 fully saturated rings. The molecule has 2 rings (SSSR count). The van der Waals surface area contributed by atoms with E-state index in [1.807, 2.05) is 37.3 Å². The molecule has 1 aromatic carbocycles. The van der Waals surface area contributed by atoms with Gasteiger partial charge in [0.2, 0.25) is 5.91 Å². The van der Waals surface area contributed by atoms with Gasteiger partial charge in [-0.1, -0.05) is 37.3 Å². The molecule has 1 heterocycles. The van der Waals surface area contributed by atoms with Crippen LogP contribution in [0.25, 0.3) is 0 Å². The molecule has 1 aliphatic heterocycles. The first-order valence-electron chi connectivity index (χ1n) is 6.90. The molecule has 0 saturated carbocycles. The molecular formula is C16H21NO3. The van der Waals surface area contributed by atoms with Crippen molar-refractivity contribution in [2.75, 3.05) is 0 Å². The number of carbonyl (C=O) groups is 2. The maximum absolute atomic E-state index is 12.3. The van der Waals surface area contributed by atoms with Crippen LogP contribution < -0.4 is 0 Å². The van der Waals surface area contributed by atoms with E-state index in [9.17, 15) is 9.59 Å². The Kier molecular flexibility index (Phi) is 3.84. The third-order valence-electron chi connectivity index (χ3n) is 3.32. The van der Waals surface area contributed by atoms with Gasteiger partial charge < -0.3 is 4.74 Å². The van der Waals surface area contributed by atoms with Crippen LogP contribution in [0, 0.1) is 5.92 Å². The molecule has 0 radical (unpaired) electrons. The molecule has 0 aliphatic carbocycles. The fourth-order valence-electron chi connectivity index (χ4n) is 2.42. The summed E-state index contributed by atoms with van der Waals surface area (Å²) in [5, 5.41) is 0. The van der Waals surface area contributed by atoms with E-state index in [4.69, 9.17) is 4.74 Å². The van der Waals surface area contributed by atoms with Gasteiger partial charge in [-0.3, -0.25) is 4.79 Å². The van der Waals surface area contributed by atoms with Gasteiger partial charge in [0, 0.05) is 5.92 Å². The van der Waals surface area contributed by atoms with Crippen LogP contribution in [0.2, 0.25) is 0 Å². The quantitative estimate of drug-likeness (QED) is 0.787. The molecule has 2 amide bonds. The third kappa shape index (κ3) is 3.00.